The van der Waals surface area contributed by atoms with Gasteiger partial charge in [-0.1, -0.05) is 6.08 Å². The van der Waals surface area contributed by atoms with Crippen LogP contribution in [0.4, 0.5) is 20.3 Å². The number of methoxy groups -OCH3 is 1. The van der Waals surface area contributed by atoms with Crippen molar-refractivity contribution >= 4 is 45.7 Å². The van der Waals surface area contributed by atoms with Crippen LogP contribution in [0.2, 0.25) is 0 Å². The highest BCUT2D eigenvalue weighted by molar-refractivity contribution is 6.02. The smallest absolute Gasteiger partial charge is 0.249 e. The lowest BCUT2D eigenvalue weighted by Gasteiger charge is -2.33. The van der Waals surface area contributed by atoms with Crippen molar-refractivity contribution < 1.29 is 27.9 Å². The Hall–Kier alpha value is -6.05. The van der Waals surface area contributed by atoms with Crippen LogP contribution in [-0.4, -0.2) is 81.7 Å². The number of aryl methyl sites for hydroxylation is 2. The Labute approximate surface area is 322 Å². The lowest BCUT2D eigenvalue weighted by Crippen LogP contribution is -2.47. The molecule has 1 unspecified atom stereocenters. The number of aromatic amines is 1. The van der Waals surface area contributed by atoms with E-state index >= 15 is 8.78 Å². The van der Waals surface area contributed by atoms with Crippen LogP contribution >= 0.6 is 0 Å². The van der Waals surface area contributed by atoms with E-state index in [0.29, 0.717) is 92.9 Å². The number of benzene rings is 2. The Morgan fingerprint density at radius 2 is 1.89 bits per heavy atom. The molecule has 0 spiro atoms. The quantitative estimate of drug-likeness (QED) is 0.141. The van der Waals surface area contributed by atoms with Gasteiger partial charge in [-0.25, -0.2) is 13.8 Å². The molecule has 2 fully saturated rings. The van der Waals surface area contributed by atoms with Crippen molar-refractivity contribution in [2.75, 3.05) is 43.5 Å². The molecule has 2 aromatic carbocycles. The van der Waals surface area contributed by atoms with Gasteiger partial charge in [-0.15, -0.1) is 0 Å². The summed E-state index contributed by atoms with van der Waals surface area (Å²) in [5.41, 5.74) is 5.13. The Morgan fingerprint density at radius 1 is 1.05 bits per heavy atom. The van der Waals surface area contributed by atoms with E-state index in [0.717, 1.165) is 33.6 Å². The molecule has 0 radical (unpaired) electrons. The Bertz CT molecular complexity index is 2310. The van der Waals surface area contributed by atoms with Gasteiger partial charge in [0.1, 0.15) is 23.4 Å². The molecule has 0 bridgehead atoms. The number of nitrogens with one attached hydrogen (secondary N) is 3. The number of carbonyl (C=O) groups excluding carboxylic acids is 3. The second-order valence-electron chi connectivity index (χ2n) is 14.8. The SMILES string of the molecule is COc1cc(C2CCN(c3ccc(-c4cc(C5=CCCN(C(=O)CCn6cccn6)C5)c(F)c5[nH]c(C)cc45)cn3)CC2)c(F)cc1NC1CCC(=O)NC1=O. The summed E-state index contributed by atoms with van der Waals surface area (Å²) in [4.78, 5) is 49.0. The molecule has 3 N–H and O–H groups in total. The van der Waals surface area contributed by atoms with Gasteiger partial charge in [-0.2, -0.15) is 5.10 Å². The van der Waals surface area contributed by atoms with Crippen LogP contribution < -0.4 is 20.3 Å². The van der Waals surface area contributed by atoms with Gasteiger partial charge in [0.15, 0.2) is 5.82 Å². The van der Waals surface area contributed by atoms with Crippen LogP contribution in [0.25, 0.3) is 27.6 Å². The summed E-state index contributed by atoms with van der Waals surface area (Å²) in [6.45, 7) is 4.64. The largest absolute Gasteiger partial charge is 0.495 e. The standard InChI is InChI=1S/C42H44F2N8O4/c1-25-19-32-29(20-31(40(44)41(32)47-25)28-5-3-14-51(24-28)39(54)12-18-52-15-4-13-46-52)27-6-8-37(45-23-27)50-16-10-26(11-17-50)30-21-36(56-2)35(22-33(30)43)48-34-7-9-38(53)49-42(34)55/h4-6,8,13,15,19-23,26,34,47-48H,3,7,9-12,14,16-18,24H2,1-2H3,(H,49,53,55). The Kier molecular flexibility index (Phi) is 10.3. The minimum absolute atomic E-state index is 0.00875. The van der Waals surface area contributed by atoms with Gasteiger partial charge in [-0.05, 0) is 91.6 Å². The number of imide groups is 1. The van der Waals surface area contributed by atoms with E-state index in [1.54, 1.807) is 21.8 Å². The first-order valence-corrected chi connectivity index (χ1v) is 19.1. The van der Waals surface area contributed by atoms with Gasteiger partial charge in [0.05, 0.1) is 18.3 Å². The summed E-state index contributed by atoms with van der Waals surface area (Å²) in [5, 5.41) is 10.3. The highest BCUT2D eigenvalue weighted by Crippen LogP contribution is 2.39. The van der Waals surface area contributed by atoms with Gasteiger partial charge in [0.2, 0.25) is 17.7 Å². The number of nitrogens with zero attached hydrogens (tertiary/aromatic N) is 5. The van der Waals surface area contributed by atoms with E-state index in [1.807, 2.05) is 55.7 Å². The van der Waals surface area contributed by atoms with Crippen molar-refractivity contribution in [3.63, 3.8) is 0 Å². The predicted octanol–water partition coefficient (Wildman–Crippen LogP) is 6.33. The van der Waals surface area contributed by atoms with Gasteiger partial charge < -0.3 is 24.8 Å². The second-order valence-corrected chi connectivity index (χ2v) is 14.8. The van der Waals surface area contributed by atoms with Crippen molar-refractivity contribution in [1.29, 1.82) is 0 Å². The number of hydrogen-bond donors (Lipinski definition) is 3. The van der Waals surface area contributed by atoms with Crippen molar-refractivity contribution in [3.8, 4) is 16.9 Å². The molecule has 290 valence electrons. The number of pyridine rings is 1. The average Bonchev–Trinajstić information content (AvgIpc) is 3.89. The minimum atomic E-state index is -0.654. The zero-order chi connectivity index (χ0) is 38.9. The summed E-state index contributed by atoms with van der Waals surface area (Å²) >= 11 is 0. The number of fused-ring (bicyclic) bond motifs is 1. The third-order valence-electron chi connectivity index (χ3n) is 11.2. The third kappa shape index (κ3) is 7.47. The molecule has 1 atom stereocenters. The normalized spacial score (nSPS) is 17.9. The molecule has 6 heterocycles. The van der Waals surface area contributed by atoms with Crippen molar-refractivity contribution in [1.82, 2.24) is 30.0 Å². The number of carbonyl (C=O) groups is 3. The molecule has 0 aliphatic carbocycles. The zero-order valence-corrected chi connectivity index (χ0v) is 31.4. The van der Waals surface area contributed by atoms with Gasteiger partial charge in [0.25, 0.3) is 0 Å². The summed E-state index contributed by atoms with van der Waals surface area (Å²) in [6, 6.07) is 12.1. The summed E-state index contributed by atoms with van der Waals surface area (Å²) in [7, 11) is 1.51. The van der Waals surface area contributed by atoms with Crippen LogP contribution in [0.3, 0.4) is 0 Å². The molecule has 3 aliphatic rings. The highest BCUT2D eigenvalue weighted by Gasteiger charge is 2.30. The van der Waals surface area contributed by atoms with E-state index < -0.39 is 11.9 Å². The topological polar surface area (TPSA) is 137 Å². The summed E-state index contributed by atoms with van der Waals surface area (Å²) in [6.07, 6.45) is 10.3. The second kappa shape index (κ2) is 15.6. The number of hydrogen-bond acceptors (Lipinski definition) is 8. The van der Waals surface area contributed by atoms with Gasteiger partial charge >= 0.3 is 0 Å². The van der Waals surface area contributed by atoms with Crippen LogP contribution in [0.5, 0.6) is 5.75 Å². The van der Waals surface area contributed by atoms with Crippen molar-refractivity contribution in [3.05, 3.63) is 95.6 Å². The van der Waals surface area contributed by atoms with E-state index in [4.69, 9.17) is 9.72 Å². The van der Waals surface area contributed by atoms with Crippen LogP contribution in [0.1, 0.15) is 61.3 Å². The average molecular weight is 763 g/mol. The number of rotatable bonds is 10. The highest BCUT2D eigenvalue weighted by atomic mass is 19.1. The molecule has 3 amide bonds. The number of H-pyrrole nitrogens is 1. The molecule has 56 heavy (non-hydrogen) atoms. The molecule has 5 aromatic rings. The molecule has 2 saturated heterocycles. The number of ether oxygens (including phenoxy) is 1. The lowest BCUT2D eigenvalue weighted by atomic mass is 9.88. The summed E-state index contributed by atoms with van der Waals surface area (Å²) in [5.74, 6) is -0.254. The molecule has 14 heteroatoms. The molecule has 0 saturated carbocycles. The fraction of sp³-hybridized carbons (Fsp3) is 0.357. The lowest BCUT2D eigenvalue weighted by molar-refractivity contribution is -0.134. The maximum Gasteiger partial charge on any atom is 0.249 e. The fourth-order valence-corrected chi connectivity index (χ4v) is 8.15. The number of halogens is 2. The fourth-order valence-electron chi connectivity index (χ4n) is 8.15. The number of aromatic nitrogens is 4. The molecule has 8 rings (SSSR count). The molecule has 12 nitrogen and oxygen atoms in total. The van der Waals surface area contributed by atoms with E-state index in [2.05, 4.69) is 25.6 Å². The van der Waals surface area contributed by atoms with E-state index in [1.165, 1.54) is 13.2 Å². The first-order chi connectivity index (χ1) is 27.1. The molecule has 3 aromatic heterocycles. The first-order valence-electron chi connectivity index (χ1n) is 19.1. The maximum absolute atomic E-state index is 16.2. The van der Waals surface area contributed by atoms with Crippen molar-refractivity contribution in [2.24, 2.45) is 0 Å². The monoisotopic (exact) mass is 762 g/mol. The predicted molar refractivity (Wildman–Crippen MR) is 209 cm³/mol. The minimum Gasteiger partial charge on any atom is -0.495 e. The van der Waals surface area contributed by atoms with Crippen LogP contribution in [-0.2, 0) is 20.9 Å². The number of amides is 3. The molecular weight excluding hydrogens is 719 g/mol. The van der Waals surface area contributed by atoms with Gasteiger partial charge in [0, 0.05) is 92.4 Å². The summed E-state index contributed by atoms with van der Waals surface area (Å²) < 4.78 is 39.1. The van der Waals surface area contributed by atoms with Crippen LogP contribution in [0.15, 0.2) is 67.1 Å². The van der Waals surface area contributed by atoms with E-state index in [-0.39, 0.29) is 35.8 Å². The maximum atomic E-state index is 16.2. The van der Waals surface area contributed by atoms with Crippen LogP contribution in [0, 0.1) is 18.6 Å². The van der Waals surface area contributed by atoms with E-state index in [9.17, 15) is 14.4 Å². The zero-order valence-electron chi connectivity index (χ0n) is 31.4. The first kappa shape index (κ1) is 36.9. The molecule has 3 aliphatic heterocycles. The van der Waals surface area contributed by atoms with Gasteiger partial charge in [-0.3, -0.25) is 24.4 Å². The number of piperidine rings is 2. The number of anilines is 2. The Balaban J connectivity index is 0.960. The van der Waals surface area contributed by atoms with Crippen molar-refractivity contribution in [2.45, 2.75) is 64.0 Å². The molecular formula is C42H44F2N8O4. The third-order valence-corrected chi connectivity index (χ3v) is 11.2. The Morgan fingerprint density at radius 3 is 2.62 bits per heavy atom.